The molecular weight excluding hydrogens is 252 g/mol. The second-order valence-corrected chi connectivity index (χ2v) is 5.06. The molecule has 1 aliphatic carbocycles. The fourth-order valence-electron chi connectivity index (χ4n) is 1.46. The van der Waals surface area contributed by atoms with E-state index in [2.05, 4.69) is 26.2 Å². The SMILES string of the molecule is OCC1(Nc2nc(Br)cs2)CCC1. The number of nitrogens with one attached hydrogen (secondary N) is 1. The molecule has 1 saturated carbocycles. The van der Waals surface area contributed by atoms with Crippen molar-refractivity contribution in [2.75, 3.05) is 11.9 Å². The Hall–Kier alpha value is -0.130. The first kappa shape index (κ1) is 9.43. The first-order valence-corrected chi connectivity index (χ1v) is 5.91. The Kier molecular flexibility index (Phi) is 2.58. The molecule has 1 aromatic heterocycles. The molecule has 0 bridgehead atoms. The molecule has 1 aliphatic rings. The van der Waals surface area contributed by atoms with Crippen LogP contribution >= 0.6 is 27.3 Å². The van der Waals surface area contributed by atoms with Gasteiger partial charge in [-0.3, -0.25) is 0 Å². The standard InChI is InChI=1S/C8H11BrN2OS/c9-6-4-13-7(10-6)11-8(5-12)2-1-3-8/h4,12H,1-3,5H2,(H,10,11). The van der Waals surface area contributed by atoms with Crippen LogP contribution in [0.2, 0.25) is 0 Å². The van der Waals surface area contributed by atoms with E-state index in [0.29, 0.717) is 0 Å². The van der Waals surface area contributed by atoms with Crippen molar-refractivity contribution in [1.29, 1.82) is 0 Å². The molecule has 0 aromatic carbocycles. The lowest BCUT2D eigenvalue weighted by atomic mass is 9.77. The third kappa shape index (κ3) is 1.87. The molecule has 0 radical (unpaired) electrons. The fourth-order valence-corrected chi connectivity index (χ4v) is 2.73. The third-order valence-corrected chi connectivity index (χ3v) is 3.93. The Morgan fingerprint density at radius 1 is 1.69 bits per heavy atom. The van der Waals surface area contributed by atoms with Gasteiger partial charge in [-0.2, -0.15) is 0 Å². The number of thiazole rings is 1. The number of rotatable bonds is 3. The van der Waals surface area contributed by atoms with Gasteiger partial charge in [-0.25, -0.2) is 4.98 Å². The number of anilines is 1. The number of halogens is 1. The Labute approximate surface area is 89.3 Å². The maximum Gasteiger partial charge on any atom is 0.184 e. The van der Waals surface area contributed by atoms with Gasteiger partial charge in [0.25, 0.3) is 0 Å². The van der Waals surface area contributed by atoms with Gasteiger partial charge in [0.2, 0.25) is 0 Å². The van der Waals surface area contributed by atoms with E-state index in [4.69, 9.17) is 0 Å². The van der Waals surface area contributed by atoms with Gasteiger partial charge in [-0.05, 0) is 35.2 Å². The van der Waals surface area contributed by atoms with Crippen molar-refractivity contribution in [3.63, 3.8) is 0 Å². The maximum atomic E-state index is 9.21. The highest BCUT2D eigenvalue weighted by Gasteiger charge is 2.36. The summed E-state index contributed by atoms with van der Waals surface area (Å²) in [6.45, 7) is 0.199. The number of aliphatic hydroxyl groups excluding tert-OH is 1. The Morgan fingerprint density at radius 2 is 2.46 bits per heavy atom. The molecule has 0 unspecified atom stereocenters. The average molecular weight is 263 g/mol. The second kappa shape index (κ2) is 3.55. The van der Waals surface area contributed by atoms with Crippen LogP contribution in [-0.2, 0) is 0 Å². The van der Waals surface area contributed by atoms with Gasteiger partial charge in [0, 0.05) is 5.38 Å². The molecule has 13 heavy (non-hydrogen) atoms. The van der Waals surface area contributed by atoms with E-state index in [1.807, 2.05) is 5.38 Å². The number of nitrogens with zero attached hydrogens (tertiary/aromatic N) is 1. The quantitative estimate of drug-likeness (QED) is 0.879. The summed E-state index contributed by atoms with van der Waals surface area (Å²) in [5, 5.41) is 15.3. The summed E-state index contributed by atoms with van der Waals surface area (Å²) < 4.78 is 0.854. The molecule has 3 nitrogen and oxygen atoms in total. The molecule has 72 valence electrons. The van der Waals surface area contributed by atoms with Crippen LogP contribution < -0.4 is 5.32 Å². The van der Waals surface area contributed by atoms with Crippen molar-refractivity contribution in [2.24, 2.45) is 0 Å². The Balaban J connectivity index is 2.04. The minimum Gasteiger partial charge on any atom is -0.394 e. The van der Waals surface area contributed by atoms with Gasteiger partial charge in [0.1, 0.15) is 4.60 Å². The average Bonchev–Trinajstić information content (AvgIpc) is 2.44. The van der Waals surface area contributed by atoms with Crippen LogP contribution in [0.3, 0.4) is 0 Å². The first-order valence-electron chi connectivity index (χ1n) is 4.24. The molecule has 1 aromatic rings. The van der Waals surface area contributed by atoms with Crippen molar-refractivity contribution < 1.29 is 5.11 Å². The third-order valence-electron chi connectivity index (χ3n) is 2.46. The van der Waals surface area contributed by atoms with Crippen LogP contribution in [0.25, 0.3) is 0 Å². The molecule has 0 amide bonds. The zero-order valence-corrected chi connectivity index (χ0v) is 9.49. The Morgan fingerprint density at radius 3 is 2.85 bits per heavy atom. The lowest BCUT2D eigenvalue weighted by Crippen LogP contribution is -2.48. The van der Waals surface area contributed by atoms with Crippen LogP contribution in [0.4, 0.5) is 5.13 Å². The zero-order valence-electron chi connectivity index (χ0n) is 7.09. The van der Waals surface area contributed by atoms with E-state index in [1.165, 1.54) is 6.42 Å². The summed E-state index contributed by atoms with van der Waals surface area (Å²) in [5.41, 5.74) is -0.0860. The molecular formula is C8H11BrN2OS. The summed E-state index contributed by atoms with van der Waals surface area (Å²) in [5.74, 6) is 0. The number of hydrogen-bond donors (Lipinski definition) is 2. The van der Waals surface area contributed by atoms with E-state index in [9.17, 15) is 5.11 Å². The molecule has 0 spiro atoms. The van der Waals surface area contributed by atoms with Gasteiger partial charge in [0.05, 0.1) is 12.1 Å². The van der Waals surface area contributed by atoms with Crippen LogP contribution in [0.5, 0.6) is 0 Å². The van der Waals surface area contributed by atoms with Crippen LogP contribution in [0.1, 0.15) is 19.3 Å². The summed E-state index contributed by atoms with van der Waals surface area (Å²) in [6, 6.07) is 0. The summed E-state index contributed by atoms with van der Waals surface area (Å²) >= 11 is 4.86. The zero-order chi connectivity index (χ0) is 9.31. The molecule has 2 rings (SSSR count). The molecule has 1 heterocycles. The highest BCUT2D eigenvalue weighted by molar-refractivity contribution is 9.10. The lowest BCUT2D eigenvalue weighted by molar-refractivity contribution is 0.144. The Bertz CT molecular complexity index is 293. The molecule has 1 fully saturated rings. The van der Waals surface area contributed by atoms with E-state index in [0.717, 1.165) is 22.6 Å². The molecule has 0 atom stereocenters. The van der Waals surface area contributed by atoms with E-state index in [-0.39, 0.29) is 12.1 Å². The second-order valence-electron chi connectivity index (χ2n) is 3.39. The number of hydrogen-bond acceptors (Lipinski definition) is 4. The highest BCUT2D eigenvalue weighted by atomic mass is 79.9. The predicted molar refractivity (Wildman–Crippen MR) is 57.1 cm³/mol. The van der Waals surface area contributed by atoms with Gasteiger partial charge in [-0.15, -0.1) is 11.3 Å². The normalized spacial score (nSPS) is 19.5. The minimum atomic E-state index is -0.0860. The van der Waals surface area contributed by atoms with Crippen LogP contribution in [0, 0.1) is 0 Å². The predicted octanol–water partition coefficient (Wildman–Crippen LogP) is 2.23. The van der Waals surface area contributed by atoms with Gasteiger partial charge >= 0.3 is 0 Å². The minimum absolute atomic E-state index is 0.0860. The van der Waals surface area contributed by atoms with Crippen molar-refractivity contribution in [2.45, 2.75) is 24.8 Å². The highest BCUT2D eigenvalue weighted by Crippen LogP contribution is 2.35. The van der Waals surface area contributed by atoms with Crippen LogP contribution in [-0.4, -0.2) is 22.2 Å². The topological polar surface area (TPSA) is 45.1 Å². The molecule has 0 saturated heterocycles. The van der Waals surface area contributed by atoms with Crippen molar-refractivity contribution in [1.82, 2.24) is 4.98 Å². The number of aliphatic hydroxyl groups is 1. The first-order chi connectivity index (χ1) is 6.24. The van der Waals surface area contributed by atoms with Crippen molar-refractivity contribution in [3.8, 4) is 0 Å². The smallest absolute Gasteiger partial charge is 0.184 e. The van der Waals surface area contributed by atoms with E-state index >= 15 is 0 Å². The van der Waals surface area contributed by atoms with Gasteiger partial charge in [0.15, 0.2) is 5.13 Å². The molecule has 5 heteroatoms. The monoisotopic (exact) mass is 262 g/mol. The molecule has 0 aliphatic heterocycles. The van der Waals surface area contributed by atoms with Gasteiger partial charge in [-0.1, -0.05) is 0 Å². The molecule has 2 N–H and O–H groups in total. The summed E-state index contributed by atoms with van der Waals surface area (Å²) in [4.78, 5) is 4.24. The largest absolute Gasteiger partial charge is 0.394 e. The lowest BCUT2D eigenvalue weighted by Gasteiger charge is -2.40. The summed E-state index contributed by atoms with van der Waals surface area (Å²) in [7, 11) is 0. The van der Waals surface area contributed by atoms with E-state index < -0.39 is 0 Å². The van der Waals surface area contributed by atoms with Crippen molar-refractivity contribution >= 4 is 32.4 Å². The van der Waals surface area contributed by atoms with Gasteiger partial charge < -0.3 is 10.4 Å². The number of aromatic nitrogens is 1. The fraction of sp³-hybridized carbons (Fsp3) is 0.625. The van der Waals surface area contributed by atoms with Crippen molar-refractivity contribution in [3.05, 3.63) is 9.98 Å². The van der Waals surface area contributed by atoms with E-state index in [1.54, 1.807) is 11.3 Å². The van der Waals surface area contributed by atoms with Crippen LogP contribution in [0.15, 0.2) is 9.98 Å². The summed E-state index contributed by atoms with van der Waals surface area (Å²) in [6.07, 6.45) is 3.28. The maximum absolute atomic E-state index is 9.21.